The van der Waals surface area contributed by atoms with Crippen LogP contribution in [0.1, 0.15) is 33.6 Å². The van der Waals surface area contributed by atoms with E-state index in [2.05, 4.69) is 6.92 Å². The molecule has 1 aliphatic carbocycles. The minimum atomic E-state index is -0.284. The van der Waals surface area contributed by atoms with Gasteiger partial charge in [0.1, 0.15) is 0 Å². The summed E-state index contributed by atoms with van der Waals surface area (Å²) >= 11 is 0. The summed E-state index contributed by atoms with van der Waals surface area (Å²) in [4.78, 5) is 11.4. The second-order valence-electron chi connectivity index (χ2n) is 4.88. The largest absolute Gasteiger partial charge is 0.327 e. The topological polar surface area (TPSA) is 75.4 Å². The molecule has 3 atom stereocenters. The molecule has 0 aliphatic heterocycles. The van der Waals surface area contributed by atoms with Crippen molar-refractivity contribution in [3.8, 4) is 0 Å². The highest BCUT2D eigenvalue weighted by Crippen LogP contribution is 2.44. The van der Waals surface area contributed by atoms with Crippen molar-refractivity contribution < 1.29 is 10.0 Å². The molecule has 3 unspecified atom stereocenters. The molecule has 1 fully saturated rings. The predicted molar refractivity (Wildman–Crippen MR) is 53.6 cm³/mol. The van der Waals surface area contributed by atoms with Crippen LogP contribution >= 0.6 is 0 Å². The maximum absolute atomic E-state index is 11.4. The van der Waals surface area contributed by atoms with E-state index in [4.69, 9.17) is 10.9 Å². The molecule has 0 aromatic heterocycles. The number of hydroxylamine groups is 1. The monoisotopic (exact) mass is 200 g/mol. The summed E-state index contributed by atoms with van der Waals surface area (Å²) in [5.74, 6) is -0.130. The summed E-state index contributed by atoms with van der Waals surface area (Å²) in [5, 5.41) is 8.64. The van der Waals surface area contributed by atoms with E-state index in [1.165, 1.54) is 0 Å². The number of hydrogen-bond donors (Lipinski definition) is 3. The van der Waals surface area contributed by atoms with E-state index in [0.717, 1.165) is 12.8 Å². The molecule has 0 heterocycles. The van der Waals surface area contributed by atoms with Crippen molar-refractivity contribution in [3.05, 3.63) is 0 Å². The molecule has 0 radical (unpaired) electrons. The molecule has 0 bridgehead atoms. The van der Waals surface area contributed by atoms with E-state index >= 15 is 0 Å². The van der Waals surface area contributed by atoms with Crippen molar-refractivity contribution in [1.82, 2.24) is 5.48 Å². The average Bonchev–Trinajstić information content (AvgIpc) is 2.13. The summed E-state index contributed by atoms with van der Waals surface area (Å²) in [7, 11) is 0. The van der Waals surface area contributed by atoms with Crippen LogP contribution in [0.15, 0.2) is 0 Å². The van der Waals surface area contributed by atoms with Crippen molar-refractivity contribution in [1.29, 1.82) is 0 Å². The molecule has 4 nitrogen and oxygen atoms in total. The Labute approximate surface area is 84.8 Å². The van der Waals surface area contributed by atoms with E-state index in [1.54, 1.807) is 5.48 Å². The lowest BCUT2D eigenvalue weighted by atomic mass is 9.61. The zero-order valence-corrected chi connectivity index (χ0v) is 9.08. The normalized spacial score (nSPS) is 36.5. The fourth-order valence-electron chi connectivity index (χ4n) is 2.40. The van der Waals surface area contributed by atoms with Crippen LogP contribution < -0.4 is 11.2 Å². The zero-order chi connectivity index (χ0) is 10.9. The Balaban J connectivity index is 2.84. The Hall–Kier alpha value is -0.610. The maximum Gasteiger partial charge on any atom is 0.246 e. The van der Waals surface area contributed by atoms with E-state index in [1.807, 2.05) is 13.8 Å². The summed E-state index contributed by atoms with van der Waals surface area (Å²) in [6.07, 6.45) is 1.60. The highest BCUT2D eigenvalue weighted by atomic mass is 16.5. The lowest BCUT2D eigenvalue weighted by molar-refractivity contribution is -0.141. The van der Waals surface area contributed by atoms with Crippen LogP contribution in [0.2, 0.25) is 0 Å². The number of nitrogens with one attached hydrogen (secondary N) is 1. The molecule has 1 rings (SSSR count). The smallest absolute Gasteiger partial charge is 0.246 e. The summed E-state index contributed by atoms with van der Waals surface area (Å²) in [5.41, 5.74) is 7.56. The summed E-state index contributed by atoms with van der Waals surface area (Å²) in [6.45, 7) is 6.15. The molecular weight excluding hydrogens is 180 g/mol. The predicted octanol–water partition coefficient (Wildman–Crippen LogP) is 0.891. The molecule has 0 aromatic carbocycles. The van der Waals surface area contributed by atoms with Gasteiger partial charge in [0.05, 0.1) is 0 Å². The quantitative estimate of drug-likeness (QED) is 0.434. The first-order valence-electron chi connectivity index (χ1n) is 5.10. The minimum absolute atomic E-state index is 0.137. The molecule has 1 aliphatic rings. The Morgan fingerprint density at radius 2 is 2.07 bits per heavy atom. The van der Waals surface area contributed by atoms with Crippen LogP contribution in [0.3, 0.4) is 0 Å². The first-order chi connectivity index (χ1) is 6.41. The van der Waals surface area contributed by atoms with Gasteiger partial charge in [-0.25, -0.2) is 5.48 Å². The van der Waals surface area contributed by atoms with E-state index in [9.17, 15) is 4.79 Å². The highest BCUT2D eigenvalue weighted by Gasteiger charge is 2.44. The first-order valence-corrected chi connectivity index (χ1v) is 5.10. The molecule has 1 saturated carbocycles. The van der Waals surface area contributed by atoms with Crippen LogP contribution in [0, 0.1) is 17.3 Å². The third-order valence-electron chi connectivity index (χ3n) is 3.93. The number of rotatable bonds is 1. The third kappa shape index (κ3) is 1.77. The van der Waals surface area contributed by atoms with E-state index < -0.39 is 0 Å². The van der Waals surface area contributed by atoms with Crippen molar-refractivity contribution in [2.24, 2.45) is 23.0 Å². The van der Waals surface area contributed by atoms with Gasteiger partial charge < -0.3 is 5.73 Å². The van der Waals surface area contributed by atoms with Gasteiger partial charge >= 0.3 is 0 Å². The minimum Gasteiger partial charge on any atom is -0.327 e. The summed E-state index contributed by atoms with van der Waals surface area (Å²) in [6, 6.07) is 0.160. The molecule has 1 amide bonds. The first kappa shape index (κ1) is 11.5. The van der Waals surface area contributed by atoms with Crippen molar-refractivity contribution >= 4 is 5.91 Å². The van der Waals surface area contributed by atoms with Gasteiger partial charge in [0, 0.05) is 12.0 Å². The van der Waals surface area contributed by atoms with Crippen LogP contribution in [-0.4, -0.2) is 17.2 Å². The standard InChI is InChI=1S/C10H20N2O2/c1-6-8(11)5-4-7(9(13)12-14)10(6,2)3/h6-8,14H,4-5,11H2,1-3H3,(H,12,13). The Kier molecular flexibility index (Phi) is 3.17. The zero-order valence-electron chi connectivity index (χ0n) is 9.08. The molecule has 0 spiro atoms. The fraction of sp³-hybridized carbons (Fsp3) is 0.900. The molecule has 14 heavy (non-hydrogen) atoms. The van der Waals surface area contributed by atoms with Crippen molar-refractivity contribution in [2.45, 2.75) is 39.7 Å². The molecular formula is C10H20N2O2. The molecule has 0 saturated heterocycles. The van der Waals surface area contributed by atoms with Gasteiger partial charge in [-0.05, 0) is 24.2 Å². The second-order valence-corrected chi connectivity index (χ2v) is 4.88. The molecule has 0 aromatic rings. The van der Waals surface area contributed by atoms with Crippen LogP contribution in [0.5, 0.6) is 0 Å². The fourth-order valence-corrected chi connectivity index (χ4v) is 2.40. The van der Waals surface area contributed by atoms with Crippen LogP contribution in [0.25, 0.3) is 0 Å². The lowest BCUT2D eigenvalue weighted by Gasteiger charge is -2.45. The Bertz CT molecular complexity index is 228. The van der Waals surface area contributed by atoms with E-state index in [0.29, 0.717) is 5.92 Å². The number of amides is 1. The lowest BCUT2D eigenvalue weighted by Crippen LogP contribution is -2.51. The molecule has 4 N–H and O–H groups in total. The van der Waals surface area contributed by atoms with Gasteiger partial charge in [-0.1, -0.05) is 20.8 Å². The van der Waals surface area contributed by atoms with Gasteiger partial charge in [-0.15, -0.1) is 0 Å². The Morgan fingerprint density at radius 1 is 1.50 bits per heavy atom. The molecule has 82 valence electrons. The number of carbonyl (C=O) groups excluding carboxylic acids is 1. The number of hydrogen-bond acceptors (Lipinski definition) is 3. The van der Waals surface area contributed by atoms with Gasteiger partial charge in [0.15, 0.2) is 0 Å². The van der Waals surface area contributed by atoms with Crippen LogP contribution in [0.4, 0.5) is 0 Å². The van der Waals surface area contributed by atoms with Gasteiger partial charge in [-0.3, -0.25) is 10.0 Å². The third-order valence-corrected chi connectivity index (χ3v) is 3.93. The van der Waals surface area contributed by atoms with Crippen LogP contribution in [-0.2, 0) is 4.79 Å². The van der Waals surface area contributed by atoms with Gasteiger partial charge in [-0.2, -0.15) is 0 Å². The van der Waals surface area contributed by atoms with E-state index in [-0.39, 0.29) is 23.3 Å². The van der Waals surface area contributed by atoms with Gasteiger partial charge in [0.25, 0.3) is 0 Å². The highest BCUT2D eigenvalue weighted by molar-refractivity contribution is 5.78. The number of nitrogens with two attached hydrogens (primary N) is 1. The van der Waals surface area contributed by atoms with Crippen molar-refractivity contribution in [3.63, 3.8) is 0 Å². The second kappa shape index (κ2) is 3.87. The molecule has 4 heteroatoms. The summed E-state index contributed by atoms with van der Waals surface area (Å²) < 4.78 is 0. The Morgan fingerprint density at radius 3 is 2.57 bits per heavy atom. The SMILES string of the molecule is CC1C(N)CCC(C(=O)NO)C1(C)C. The van der Waals surface area contributed by atoms with Crippen molar-refractivity contribution in [2.75, 3.05) is 0 Å². The number of carbonyl (C=O) groups is 1. The average molecular weight is 200 g/mol. The maximum atomic E-state index is 11.4. The van der Waals surface area contributed by atoms with Gasteiger partial charge in [0.2, 0.25) is 5.91 Å².